The van der Waals surface area contributed by atoms with Gasteiger partial charge in [-0.1, -0.05) is 158 Å². The first kappa shape index (κ1) is 30.4. The molecular formula is C50H33NS. The van der Waals surface area contributed by atoms with Crippen LogP contribution >= 0.6 is 11.3 Å². The number of thiophene rings is 1. The van der Waals surface area contributed by atoms with E-state index in [0.717, 1.165) is 17.1 Å². The Hall–Kier alpha value is -6.48. The highest BCUT2D eigenvalue weighted by atomic mass is 32.1. The molecule has 0 bridgehead atoms. The van der Waals surface area contributed by atoms with Gasteiger partial charge in [-0.15, -0.1) is 11.3 Å². The van der Waals surface area contributed by atoms with E-state index in [-0.39, 0.29) is 0 Å². The molecule has 0 aliphatic rings. The van der Waals surface area contributed by atoms with Crippen molar-refractivity contribution < 1.29 is 0 Å². The first-order valence-electron chi connectivity index (χ1n) is 17.8. The maximum absolute atomic E-state index is 2.39. The van der Waals surface area contributed by atoms with E-state index in [1.54, 1.807) is 0 Å². The lowest BCUT2D eigenvalue weighted by atomic mass is 9.99. The van der Waals surface area contributed by atoms with Gasteiger partial charge in [0.25, 0.3) is 0 Å². The molecule has 0 aliphatic heterocycles. The summed E-state index contributed by atoms with van der Waals surface area (Å²) < 4.78 is 2.66. The van der Waals surface area contributed by atoms with Crippen LogP contribution in [0.2, 0.25) is 0 Å². The summed E-state index contributed by atoms with van der Waals surface area (Å²) in [6.07, 6.45) is 0. The zero-order chi connectivity index (χ0) is 34.4. The molecule has 1 aromatic heterocycles. The van der Waals surface area contributed by atoms with Gasteiger partial charge in [-0.3, -0.25) is 0 Å². The average Bonchev–Trinajstić information content (AvgIpc) is 3.61. The Kier molecular flexibility index (Phi) is 7.41. The molecule has 0 saturated carbocycles. The van der Waals surface area contributed by atoms with Gasteiger partial charge in [-0.05, 0) is 97.4 Å². The maximum atomic E-state index is 2.39. The van der Waals surface area contributed by atoms with Crippen LogP contribution in [0.15, 0.2) is 200 Å². The molecule has 2 heteroatoms. The zero-order valence-corrected chi connectivity index (χ0v) is 29.2. The number of rotatable bonds is 6. The van der Waals surface area contributed by atoms with E-state index < -0.39 is 0 Å². The molecular weight excluding hydrogens is 647 g/mol. The summed E-state index contributed by atoms with van der Waals surface area (Å²) in [6, 6.07) is 72.9. The largest absolute Gasteiger partial charge is 0.310 e. The lowest BCUT2D eigenvalue weighted by Crippen LogP contribution is -2.10. The highest BCUT2D eigenvalue weighted by molar-refractivity contribution is 7.26. The molecule has 1 heterocycles. The zero-order valence-electron chi connectivity index (χ0n) is 28.4. The SMILES string of the molecule is c1ccc(-c2ccc(-c3cccc(N(c4ccc(-c5cccc6c5sc5ccccc56)cc4)c4ccc5c(ccc6ccccc65)c4)c3)cc2)cc1. The van der Waals surface area contributed by atoms with Gasteiger partial charge in [-0.25, -0.2) is 0 Å². The minimum absolute atomic E-state index is 1.11. The van der Waals surface area contributed by atoms with Crippen molar-refractivity contribution in [2.24, 2.45) is 0 Å². The van der Waals surface area contributed by atoms with E-state index >= 15 is 0 Å². The Labute approximate surface area is 307 Å². The van der Waals surface area contributed by atoms with Gasteiger partial charge in [0.2, 0.25) is 0 Å². The molecule has 0 radical (unpaired) electrons. The Morgan fingerprint density at radius 3 is 1.73 bits per heavy atom. The quantitative estimate of drug-likeness (QED) is 0.158. The Bertz CT molecular complexity index is 2890. The normalized spacial score (nSPS) is 11.5. The van der Waals surface area contributed by atoms with Crippen LogP contribution in [0.4, 0.5) is 17.1 Å². The van der Waals surface area contributed by atoms with E-state index in [1.807, 2.05) is 11.3 Å². The van der Waals surface area contributed by atoms with Crippen molar-refractivity contribution in [3.05, 3.63) is 200 Å². The third-order valence-corrected chi connectivity index (χ3v) is 11.5. The van der Waals surface area contributed by atoms with Gasteiger partial charge >= 0.3 is 0 Å². The minimum atomic E-state index is 1.11. The molecule has 0 saturated heterocycles. The average molecular weight is 680 g/mol. The summed E-state index contributed by atoms with van der Waals surface area (Å²) in [6.45, 7) is 0. The first-order valence-corrected chi connectivity index (χ1v) is 18.6. The van der Waals surface area contributed by atoms with Gasteiger partial charge in [0, 0.05) is 37.2 Å². The number of fused-ring (bicyclic) bond motifs is 6. The van der Waals surface area contributed by atoms with Crippen molar-refractivity contribution in [3.8, 4) is 33.4 Å². The summed E-state index contributed by atoms with van der Waals surface area (Å²) in [5.74, 6) is 0. The smallest absolute Gasteiger partial charge is 0.0468 e. The molecule has 1 nitrogen and oxygen atoms in total. The number of hydrogen-bond donors (Lipinski definition) is 0. The van der Waals surface area contributed by atoms with E-state index in [1.165, 1.54) is 75.1 Å². The predicted octanol–water partition coefficient (Wildman–Crippen LogP) is 14.8. The van der Waals surface area contributed by atoms with Crippen molar-refractivity contribution in [1.82, 2.24) is 0 Å². The maximum Gasteiger partial charge on any atom is 0.0468 e. The number of hydrogen-bond acceptors (Lipinski definition) is 2. The lowest BCUT2D eigenvalue weighted by Gasteiger charge is -2.27. The molecule has 0 amide bonds. The molecule has 244 valence electrons. The Balaban J connectivity index is 1.08. The van der Waals surface area contributed by atoms with Gasteiger partial charge in [0.15, 0.2) is 0 Å². The van der Waals surface area contributed by atoms with Crippen molar-refractivity contribution in [2.45, 2.75) is 0 Å². The third-order valence-electron chi connectivity index (χ3n) is 10.3. The predicted molar refractivity (Wildman–Crippen MR) is 225 cm³/mol. The number of anilines is 3. The molecule has 0 unspecified atom stereocenters. The molecule has 0 aliphatic carbocycles. The summed E-state index contributed by atoms with van der Waals surface area (Å²) >= 11 is 1.88. The van der Waals surface area contributed by atoms with Gasteiger partial charge in [0.05, 0.1) is 0 Å². The van der Waals surface area contributed by atoms with Crippen LogP contribution in [0.25, 0.3) is 75.1 Å². The van der Waals surface area contributed by atoms with E-state index in [0.29, 0.717) is 0 Å². The van der Waals surface area contributed by atoms with Crippen molar-refractivity contribution in [1.29, 1.82) is 0 Å². The van der Waals surface area contributed by atoms with Crippen molar-refractivity contribution in [2.75, 3.05) is 4.90 Å². The second-order valence-corrected chi connectivity index (χ2v) is 14.4. The van der Waals surface area contributed by atoms with Crippen LogP contribution in [-0.4, -0.2) is 0 Å². The van der Waals surface area contributed by atoms with Crippen LogP contribution in [0, 0.1) is 0 Å². The van der Waals surface area contributed by atoms with Crippen molar-refractivity contribution in [3.63, 3.8) is 0 Å². The molecule has 10 rings (SSSR count). The highest BCUT2D eigenvalue weighted by Crippen LogP contribution is 2.42. The second-order valence-electron chi connectivity index (χ2n) is 13.3. The number of benzene rings is 9. The van der Waals surface area contributed by atoms with E-state index in [2.05, 4.69) is 205 Å². The second kappa shape index (κ2) is 12.7. The van der Waals surface area contributed by atoms with Gasteiger partial charge in [0.1, 0.15) is 0 Å². The standard InChI is InChI=1S/C50H33NS/c1-2-10-34(11-3-1)35-20-22-36(23-21-35)39-13-8-14-42(32-39)51(43-30-31-45-40(33-43)25-24-37-12-4-5-15-44(37)45)41-28-26-38(27-29-41)46-17-9-18-48-47-16-6-7-19-49(47)52-50(46)48/h1-33H. The van der Waals surface area contributed by atoms with Crippen LogP contribution in [-0.2, 0) is 0 Å². The van der Waals surface area contributed by atoms with Crippen LogP contribution in [0.3, 0.4) is 0 Å². The molecule has 0 spiro atoms. The molecule has 0 N–H and O–H groups in total. The molecule has 0 atom stereocenters. The minimum Gasteiger partial charge on any atom is -0.310 e. The van der Waals surface area contributed by atoms with E-state index in [9.17, 15) is 0 Å². The topological polar surface area (TPSA) is 3.24 Å². The van der Waals surface area contributed by atoms with Crippen LogP contribution in [0.1, 0.15) is 0 Å². The van der Waals surface area contributed by atoms with Gasteiger partial charge < -0.3 is 4.90 Å². The van der Waals surface area contributed by atoms with E-state index in [4.69, 9.17) is 0 Å². The van der Waals surface area contributed by atoms with Crippen LogP contribution < -0.4 is 4.90 Å². The fourth-order valence-corrected chi connectivity index (χ4v) is 8.90. The van der Waals surface area contributed by atoms with Gasteiger partial charge in [-0.2, -0.15) is 0 Å². The fourth-order valence-electron chi connectivity index (χ4n) is 7.66. The summed E-state index contributed by atoms with van der Waals surface area (Å²) in [4.78, 5) is 2.39. The molecule has 10 aromatic rings. The number of nitrogens with zero attached hydrogens (tertiary/aromatic N) is 1. The fraction of sp³-hybridized carbons (Fsp3) is 0. The monoisotopic (exact) mass is 679 g/mol. The highest BCUT2D eigenvalue weighted by Gasteiger charge is 2.16. The Morgan fingerprint density at radius 1 is 0.308 bits per heavy atom. The summed E-state index contributed by atoms with van der Waals surface area (Å²) in [5, 5.41) is 7.67. The van der Waals surface area contributed by atoms with Crippen molar-refractivity contribution >= 4 is 70.1 Å². The summed E-state index contributed by atoms with van der Waals surface area (Å²) in [5.41, 5.74) is 10.7. The molecule has 0 fully saturated rings. The Morgan fingerprint density at radius 2 is 0.885 bits per heavy atom. The molecule has 9 aromatic carbocycles. The lowest BCUT2D eigenvalue weighted by molar-refractivity contribution is 1.29. The summed E-state index contributed by atoms with van der Waals surface area (Å²) in [7, 11) is 0. The third kappa shape index (κ3) is 5.33. The first-order chi connectivity index (χ1) is 25.8. The molecule has 52 heavy (non-hydrogen) atoms. The van der Waals surface area contributed by atoms with Crippen LogP contribution in [0.5, 0.6) is 0 Å².